The minimum atomic E-state index is -1.19. The number of carbonyl (C=O) groups excluding carboxylic acids is 1. The molecule has 0 radical (unpaired) electrons. The lowest BCUT2D eigenvalue weighted by Gasteiger charge is -2.39. The summed E-state index contributed by atoms with van der Waals surface area (Å²) in [7, 11) is 0. The molecule has 0 aromatic heterocycles. The van der Waals surface area contributed by atoms with Gasteiger partial charge in [-0.3, -0.25) is 0 Å². The Balaban J connectivity index is 2.37. The number of aliphatic hydroxyl groups excluding tert-OH is 4. The van der Waals surface area contributed by atoms with Gasteiger partial charge in [0.25, 0.3) is 0 Å². The summed E-state index contributed by atoms with van der Waals surface area (Å²) in [6.45, 7) is -0.211. The van der Waals surface area contributed by atoms with Gasteiger partial charge in [-0.15, -0.1) is 11.8 Å². The Kier molecular flexibility index (Phi) is 7.18. The van der Waals surface area contributed by atoms with E-state index >= 15 is 0 Å². The Morgan fingerprint density at radius 3 is 2.22 bits per heavy atom. The van der Waals surface area contributed by atoms with Crippen LogP contribution in [0.5, 0.6) is 0 Å². The van der Waals surface area contributed by atoms with Gasteiger partial charge in [0.05, 0.1) is 24.1 Å². The summed E-state index contributed by atoms with van der Waals surface area (Å²) in [4.78, 5) is 10.1. The predicted octanol–water partition coefficient (Wildman–Crippen LogP) is -0.305. The van der Waals surface area contributed by atoms with E-state index in [1.807, 2.05) is 0 Å². The van der Waals surface area contributed by atoms with Gasteiger partial charge < -0.3 is 25.2 Å². The minimum absolute atomic E-state index is 0.170. The number of hydrogen-bond donors (Lipinski definition) is 4. The number of aliphatic hydroxyl groups is 4. The first kappa shape index (κ1) is 15.9. The van der Waals surface area contributed by atoms with Crippen LogP contribution in [0, 0.1) is 0 Å². The number of thioether (sulfide) groups is 1. The first-order valence-electron chi connectivity index (χ1n) is 6.36. The van der Waals surface area contributed by atoms with Crippen LogP contribution in [0.2, 0.25) is 0 Å². The molecule has 1 aliphatic heterocycles. The van der Waals surface area contributed by atoms with Crippen LogP contribution in [0.3, 0.4) is 0 Å². The lowest BCUT2D eigenvalue weighted by molar-refractivity contribution is -0.107. The maximum absolute atomic E-state index is 10.1. The predicted molar refractivity (Wildman–Crippen MR) is 69.4 cm³/mol. The van der Waals surface area contributed by atoms with Crippen LogP contribution in [0.4, 0.5) is 0 Å². The second-order valence-electron chi connectivity index (χ2n) is 4.67. The number of carbonyl (C=O) groups is 1. The molecule has 0 saturated carbocycles. The summed E-state index contributed by atoms with van der Waals surface area (Å²) in [6.07, 6.45) is 1.54. The van der Waals surface area contributed by atoms with Gasteiger partial charge in [0.1, 0.15) is 12.4 Å². The van der Waals surface area contributed by atoms with E-state index in [9.17, 15) is 20.1 Å². The van der Waals surface area contributed by atoms with E-state index < -0.39 is 23.6 Å². The highest BCUT2D eigenvalue weighted by Crippen LogP contribution is 2.35. The summed E-state index contributed by atoms with van der Waals surface area (Å²) in [5, 5.41) is 37.7. The summed E-state index contributed by atoms with van der Waals surface area (Å²) in [5.74, 6) is 0. The van der Waals surface area contributed by atoms with Crippen LogP contribution in [0.1, 0.15) is 32.1 Å². The first-order valence-corrected chi connectivity index (χ1v) is 7.30. The van der Waals surface area contributed by atoms with E-state index in [-0.39, 0.29) is 11.9 Å². The van der Waals surface area contributed by atoms with Gasteiger partial charge in [0.2, 0.25) is 0 Å². The van der Waals surface area contributed by atoms with Crippen molar-refractivity contribution in [1.82, 2.24) is 0 Å². The van der Waals surface area contributed by atoms with Gasteiger partial charge in [-0.2, -0.15) is 0 Å². The molecule has 4 N–H and O–H groups in total. The van der Waals surface area contributed by atoms with E-state index in [4.69, 9.17) is 5.11 Å². The molecule has 106 valence electrons. The number of hydrogen-bond acceptors (Lipinski definition) is 6. The molecule has 1 heterocycles. The molecule has 1 fully saturated rings. The monoisotopic (exact) mass is 278 g/mol. The van der Waals surface area contributed by atoms with Crippen molar-refractivity contribution < 1.29 is 25.2 Å². The fourth-order valence-corrected chi connectivity index (χ4v) is 3.65. The Hall–Kier alpha value is -0.140. The lowest BCUT2D eigenvalue weighted by Crippen LogP contribution is -2.53. The van der Waals surface area contributed by atoms with Crippen molar-refractivity contribution in [2.24, 2.45) is 0 Å². The van der Waals surface area contributed by atoms with Gasteiger partial charge in [-0.1, -0.05) is 12.8 Å². The van der Waals surface area contributed by atoms with E-state index in [1.165, 1.54) is 11.8 Å². The Labute approximate surface area is 111 Å². The molecular formula is C12H22O5S. The van der Waals surface area contributed by atoms with E-state index in [0.717, 1.165) is 25.5 Å². The molecule has 0 aromatic rings. The van der Waals surface area contributed by atoms with Crippen molar-refractivity contribution in [3.63, 3.8) is 0 Å². The molecule has 0 unspecified atom stereocenters. The molecule has 0 aromatic carbocycles. The third-order valence-electron chi connectivity index (χ3n) is 3.30. The minimum Gasteiger partial charge on any atom is -0.395 e. The van der Waals surface area contributed by atoms with Crippen LogP contribution in [-0.2, 0) is 4.79 Å². The molecule has 1 rings (SSSR count). The summed E-state index contributed by atoms with van der Waals surface area (Å²) < 4.78 is 0. The molecule has 5 nitrogen and oxygen atoms in total. The zero-order chi connectivity index (χ0) is 13.5. The molecule has 1 aliphatic rings. The maximum atomic E-state index is 10.1. The van der Waals surface area contributed by atoms with Crippen LogP contribution in [-0.4, -0.2) is 62.1 Å². The zero-order valence-corrected chi connectivity index (χ0v) is 11.1. The fraction of sp³-hybridized carbons (Fsp3) is 0.917. The van der Waals surface area contributed by atoms with Crippen molar-refractivity contribution in [3.05, 3.63) is 0 Å². The van der Waals surface area contributed by atoms with E-state index in [2.05, 4.69) is 0 Å². The normalized spacial score (nSPS) is 36.6. The molecule has 0 amide bonds. The van der Waals surface area contributed by atoms with Gasteiger partial charge in [-0.05, 0) is 12.8 Å². The largest absolute Gasteiger partial charge is 0.395 e. The van der Waals surface area contributed by atoms with Crippen molar-refractivity contribution in [1.29, 1.82) is 0 Å². The van der Waals surface area contributed by atoms with Crippen molar-refractivity contribution in [2.45, 2.75) is 60.9 Å². The van der Waals surface area contributed by atoms with Crippen LogP contribution >= 0.6 is 11.8 Å². The molecule has 1 saturated heterocycles. The van der Waals surface area contributed by atoms with Gasteiger partial charge in [0.15, 0.2) is 0 Å². The Bertz CT molecular complexity index is 249. The quantitative estimate of drug-likeness (QED) is 0.377. The summed E-state index contributed by atoms with van der Waals surface area (Å²) in [5.41, 5.74) is 0. The third-order valence-corrected chi connectivity index (χ3v) is 4.94. The Morgan fingerprint density at radius 1 is 0.944 bits per heavy atom. The highest BCUT2D eigenvalue weighted by Gasteiger charge is 2.42. The third kappa shape index (κ3) is 4.20. The van der Waals surface area contributed by atoms with Crippen molar-refractivity contribution in [3.8, 4) is 0 Å². The zero-order valence-electron chi connectivity index (χ0n) is 10.3. The van der Waals surface area contributed by atoms with Crippen LogP contribution in [0.15, 0.2) is 0 Å². The smallest absolute Gasteiger partial charge is 0.119 e. The second kappa shape index (κ2) is 8.12. The summed E-state index contributed by atoms with van der Waals surface area (Å²) in [6, 6.07) is 0. The first-order chi connectivity index (χ1) is 8.61. The summed E-state index contributed by atoms with van der Waals surface area (Å²) >= 11 is 1.34. The van der Waals surface area contributed by atoms with Gasteiger partial charge >= 0.3 is 0 Å². The number of aldehydes is 1. The maximum Gasteiger partial charge on any atom is 0.119 e. The standard InChI is InChI=1S/C12H22O5S/c13-6-4-2-1-3-5-8-10(15)12(17)11(16)9(7-14)18-8/h6,8-12,14-17H,1-5,7H2/t8-,9+,10-,11-,12+/m0/s1. The average molecular weight is 278 g/mol. The number of unbranched alkanes of at least 4 members (excludes halogenated alkanes) is 3. The highest BCUT2D eigenvalue weighted by molar-refractivity contribution is 8.00. The lowest BCUT2D eigenvalue weighted by atomic mass is 9.98. The van der Waals surface area contributed by atoms with Gasteiger partial charge in [0, 0.05) is 11.7 Å². The Morgan fingerprint density at radius 2 is 1.61 bits per heavy atom. The highest BCUT2D eigenvalue weighted by atomic mass is 32.2. The molecule has 0 spiro atoms. The van der Waals surface area contributed by atoms with E-state index in [0.29, 0.717) is 12.8 Å². The topological polar surface area (TPSA) is 98.0 Å². The van der Waals surface area contributed by atoms with Crippen LogP contribution < -0.4 is 0 Å². The molecule has 0 bridgehead atoms. The molecular weight excluding hydrogens is 256 g/mol. The fourth-order valence-electron chi connectivity index (χ4n) is 2.17. The second-order valence-corrected chi connectivity index (χ2v) is 6.16. The van der Waals surface area contributed by atoms with Crippen molar-refractivity contribution in [2.75, 3.05) is 6.61 Å². The molecule has 6 heteroatoms. The van der Waals surface area contributed by atoms with Crippen LogP contribution in [0.25, 0.3) is 0 Å². The average Bonchev–Trinajstić information content (AvgIpc) is 2.38. The number of rotatable bonds is 7. The molecule has 18 heavy (non-hydrogen) atoms. The molecule has 5 atom stereocenters. The van der Waals surface area contributed by atoms with Gasteiger partial charge in [-0.25, -0.2) is 0 Å². The SMILES string of the molecule is O=CCCCCC[C@@H]1S[C@H](CO)[C@H](O)[C@H](O)[C@H]1O. The molecule has 0 aliphatic carbocycles. The van der Waals surface area contributed by atoms with E-state index in [1.54, 1.807) is 0 Å². The van der Waals surface area contributed by atoms with Crippen molar-refractivity contribution >= 4 is 18.0 Å².